The first-order valence-electron chi connectivity index (χ1n) is 6.86. The van der Waals surface area contributed by atoms with Crippen LogP contribution in [0.4, 0.5) is 4.39 Å². The van der Waals surface area contributed by atoms with Gasteiger partial charge in [-0.2, -0.15) is 0 Å². The fourth-order valence-electron chi connectivity index (χ4n) is 2.60. The lowest BCUT2D eigenvalue weighted by molar-refractivity contribution is -0.136. The lowest BCUT2D eigenvalue weighted by atomic mass is 9.93. The molecule has 0 saturated heterocycles. The number of aliphatic carboxylic acids is 1. The second-order valence-electron chi connectivity index (χ2n) is 5.09. The Morgan fingerprint density at radius 3 is 2.55 bits per heavy atom. The first-order valence-corrected chi connectivity index (χ1v) is 6.86. The number of hydrogen-bond donors (Lipinski definition) is 1. The van der Waals surface area contributed by atoms with Crippen molar-refractivity contribution in [3.63, 3.8) is 0 Å². The molecule has 0 unspecified atom stereocenters. The average molecular weight is 300 g/mol. The Hall–Kier alpha value is -2.69. The molecule has 2 aromatic carbocycles. The van der Waals surface area contributed by atoms with Gasteiger partial charge in [-0.3, -0.25) is 9.59 Å². The lowest BCUT2D eigenvalue weighted by Crippen LogP contribution is -2.11. The second kappa shape index (κ2) is 5.60. The van der Waals surface area contributed by atoms with Crippen molar-refractivity contribution in [1.29, 1.82) is 0 Å². The first-order chi connectivity index (χ1) is 10.6. The molecule has 0 saturated carbocycles. The van der Waals surface area contributed by atoms with Gasteiger partial charge >= 0.3 is 5.97 Å². The minimum atomic E-state index is -1.02. The molecule has 0 spiro atoms. The summed E-state index contributed by atoms with van der Waals surface area (Å²) in [6.07, 6.45) is 0.422. The molecule has 0 radical (unpaired) electrons. The molecule has 4 nitrogen and oxygen atoms in total. The van der Waals surface area contributed by atoms with Gasteiger partial charge in [0.25, 0.3) is 0 Å². The number of rotatable bonds is 4. The Labute approximate surface area is 126 Å². The van der Waals surface area contributed by atoms with E-state index in [0.29, 0.717) is 29.9 Å². The van der Waals surface area contributed by atoms with Crippen molar-refractivity contribution in [1.82, 2.24) is 0 Å². The third-order valence-electron chi connectivity index (χ3n) is 3.62. The van der Waals surface area contributed by atoms with Crippen LogP contribution in [0.2, 0.25) is 0 Å². The van der Waals surface area contributed by atoms with Crippen molar-refractivity contribution >= 4 is 11.8 Å². The summed E-state index contributed by atoms with van der Waals surface area (Å²) in [4.78, 5) is 23.7. The van der Waals surface area contributed by atoms with Gasteiger partial charge in [0.1, 0.15) is 11.6 Å². The highest BCUT2D eigenvalue weighted by atomic mass is 19.1. The summed E-state index contributed by atoms with van der Waals surface area (Å²) in [5, 5.41) is 9.03. The molecule has 0 fully saturated rings. The SMILES string of the molecule is O=C(O)Cc1ccc2c(c1C(=O)c1ccc(F)cc1)OCC2. The minimum Gasteiger partial charge on any atom is -0.492 e. The van der Waals surface area contributed by atoms with Crippen LogP contribution in [-0.4, -0.2) is 23.5 Å². The first kappa shape index (κ1) is 14.3. The number of fused-ring (bicyclic) bond motifs is 1. The number of hydrogen-bond acceptors (Lipinski definition) is 3. The van der Waals surface area contributed by atoms with E-state index >= 15 is 0 Å². The number of ketones is 1. The fourth-order valence-corrected chi connectivity index (χ4v) is 2.60. The topological polar surface area (TPSA) is 63.6 Å². The van der Waals surface area contributed by atoms with Crippen LogP contribution < -0.4 is 4.74 Å². The number of halogens is 1. The van der Waals surface area contributed by atoms with E-state index in [9.17, 15) is 14.0 Å². The maximum absolute atomic E-state index is 13.0. The zero-order valence-electron chi connectivity index (χ0n) is 11.6. The van der Waals surface area contributed by atoms with Crippen molar-refractivity contribution < 1.29 is 23.8 Å². The van der Waals surface area contributed by atoms with E-state index in [2.05, 4.69) is 0 Å². The molecule has 0 atom stereocenters. The van der Waals surface area contributed by atoms with E-state index < -0.39 is 11.8 Å². The van der Waals surface area contributed by atoms with E-state index in [1.807, 2.05) is 0 Å². The molecule has 22 heavy (non-hydrogen) atoms. The summed E-state index contributed by atoms with van der Waals surface area (Å²) in [7, 11) is 0. The van der Waals surface area contributed by atoms with Crippen LogP contribution in [0.15, 0.2) is 36.4 Å². The average Bonchev–Trinajstić information content (AvgIpc) is 2.95. The molecular weight excluding hydrogens is 287 g/mol. The highest BCUT2D eigenvalue weighted by Crippen LogP contribution is 2.34. The van der Waals surface area contributed by atoms with Gasteiger partial charge < -0.3 is 9.84 Å². The van der Waals surface area contributed by atoms with Gasteiger partial charge in [-0.05, 0) is 35.4 Å². The summed E-state index contributed by atoms with van der Waals surface area (Å²) in [6, 6.07) is 8.62. The molecule has 2 aromatic rings. The Bertz CT molecular complexity index is 750. The van der Waals surface area contributed by atoms with Gasteiger partial charge in [0.05, 0.1) is 18.6 Å². The monoisotopic (exact) mass is 300 g/mol. The van der Waals surface area contributed by atoms with Crippen LogP contribution in [0.5, 0.6) is 5.75 Å². The predicted molar refractivity (Wildman–Crippen MR) is 76.8 cm³/mol. The zero-order chi connectivity index (χ0) is 15.7. The largest absolute Gasteiger partial charge is 0.492 e. The van der Waals surface area contributed by atoms with Crippen molar-refractivity contribution in [2.24, 2.45) is 0 Å². The number of benzene rings is 2. The molecule has 112 valence electrons. The molecule has 5 heteroatoms. The lowest BCUT2D eigenvalue weighted by Gasteiger charge is -2.12. The van der Waals surface area contributed by atoms with Gasteiger partial charge in [-0.15, -0.1) is 0 Å². The molecule has 1 N–H and O–H groups in total. The van der Waals surface area contributed by atoms with Gasteiger partial charge in [0, 0.05) is 12.0 Å². The smallest absolute Gasteiger partial charge is 0.307 e. The number of carbonyl (C=O) groups excluding carboxylic acids is 1. The Morgan fingerprint density at radius 2 is 1.86 bits per heavy atom. The van der Waals surface area contributed by atoms with E-state index in [1.54, 1.807) is 12.1 Å². The van der Waals surface area contributed by atoms with Crippen LogP contribution >= 0.6 is 0 Å². The Kier molecular flexibility index (Phi) is 3.63. The molecule has 0 bridgehead atoms. The van der Waals surface area contributed by atoms with E-state index in [0.717, 1.165) is 5.56 Å². The van der Waals surface area contributed by atoms with Gasteiger partial charge in [0.2, 0.25) is 0 Å². The summed E-state index contributed by atoms with van der Waals surface area (Å²) < 4.78 is 18.5. The summed E-state index contributed by atoms with van der Waals surface area (Å²) >= 11 is 0. The van der Waals surface area contributed by atoms with Crippen LogP contribution in [0.25, 0.3) is 0 Å². The molecule has 0 amide bonds. The fraction of sp³-hybridized carbons (Fsp3) is 0.176. The predicted octanol–water partition coefficient (Wildman–Crippen LogP) is 2.62. The molecule has 0 aliphatic carbocycles. The second-order valence-corrected chi connectivity index (χ2v) is 5.09. The summed E-state index contributed by atoms with van der Waals surface area (Å²) in [5.74, 6) is -1.36. The molecule has 1 heterocycles. The van der Waals surface area contributed by atoms with Crippen LogP contribution in [-0.2, 0) is 17.6 Å². The minimum absolute atomic E-state index is 0.265. The Morgan fingerprint density at radius 1 is 1.14 bits per heavy atom. The molecular formula is C17H13FO4. The number of carboxylic acids is 1. The molecule has 3 rings (SSSR count). The Balaban J connectivity index is 2.11. The maximum Gasteiger partial charge on any atom is 0.307 e. The molecule has 1 aliphatic heterocycles. The van der Waals surface area contributed by atoms with Crippen LogP contribution in [0.3, 0.4) is 0 Å². The third kappa shape index (κ3) is 2.57. The van der Waals surface area contributed by atoms with Gasteiger partial charge in [0.15, 0.2) is 5.78 Å². The van der Waals surface area contributed by atoms with Gasteiger partial charge in [-0.25, -0.2) is 4.39 Å². The van der Waals surface area contributed by atoms with E-state index in [4.69, 9.17) is 9.84 Å². The third-order valence-corrected chi connectivity index (χ3v) is 3.62. The quantitative estimate of drug-likeness (QED) is 0.882. The highest BCUT2D eigenvalue weighted by molar-refractivity contribution is 6.12. The van der Waals surface area contributed by atoms with Crippen LogP contribution in [0.1, 0.15) is 27.0 Å². The van der Waals surface area contributed by atoms with Crippen molar-refractivity contribution in [2.45, 2.75) is 12.8 Å². The van der Waals surface area contributed by atoms with Crippen LogP contribution in [0, 0.1) is 5.82 Å². The molecule has 1 aliphatic rings. The number of carboxylic acid groups (broad SMARTS) is 1. The molecule has 0 aromatic heterocycles. The van der Waals surface area contributed by atoms with E-state index in [1.165, 1.54) is 24.3 Å². The normalized spacial score (nSPS) is 12.6. The summed E-state index contributed by atoms with van der Waals surface area (Å²) in [6.45, 7) is 0.468. The van der Waals surface area contributed by atoms with Crippen molar-refractivity contribution in [3.05, 3.63) is 64.5 Å². The highest BCUT2D eigenvalue weighted by Gasteiger charge is 2.26. The standard InChI is InChI=1S/C17H13FO4/c18-13-5-3-10(4-6-13)16(21)15-12(9-14(19)20)2-1-11-7-8-22-17(11)15/h1-6H,7-9H2,(H,19,20). The number of ether oxygens (including phenoxy) is 1. The van der Waals surface area contributed by atoms with Gasteiger partial charge in [-0.1, -0.05) is 12.1 Å². The van der Waals surface area contributed by atoms with E-state index in [-0.39, 0.29) is 17.8 Å². The zero-order valence-corrected chi connectivity index (χ0v) is 11.6. The maximum atomic E-state index is 13.0. The van der Waals surface area contributed by atoms with Crippen molar-refractivity contribution in [3.8, 4) is 5.75 Å². The van der Waals surface area contributed by atoms with Crippen molar-refractivity contribution in [2.75, 3.05) is 6.61 Å². The number of carbonyl (C=O) groups is 2. The summed E-state index contributed by atoms with van der Waals surface area (Å²) in [5.41, 5.74) is 1.86.